The third kappa shape index (κ3) is 4.69. The average molecular weight is 365 g/mol. The number of fused-ring (bicyclic) bond motifs is 1. The molecule has 0 atom stereocenters. The van der Waals surface area contributed by atoms with E-state index in [0.717, 1.165) is 29.6 Å². The van der Waals surface area contributed by atoms with Gasteiger partial charge in [-0.05, 0) is 30.5 Å². The molecule has 0 aliphatic carbocycles. The highest BCUT2D eigenvalue weighted by molar-refractivity contribution is 6.03. The quantitative estimate of drug-likeness (QED) is 0.674. The number of nitrogens with zero attached hydrogens (tertiary/aromatic N) is 3. The molecular formula is C20H23N5O2. The molecule has 2 aromatic heterocycles. The third-order valence-electron chi connectivity index (χ3n) is 4.24. The van der Waals surface area contributed by atoms with Crippen LogP contribution in [0.25, 0.3) is 10.9 Å². The monoisotopic (exact) mass is 365 g/mol. The van der Waals surface area contributed by atoms with Crippen LogP contribution in [0, 0.1) is 5.92 Å². The lowest BCUT2D eigenvalue weighted by Crippen LogP contribution is -2.33. The minimum atomic E-state index is -0.434. The van der Waals surface area contributed by atoms with E-state index in [-0.39, 0.29) is 18.1 Å². The first-order chi connectivity index (χ1) is 13.0. The number of hydrogen-bond acceptors (Lipinski definition) is 4. The maximum absolute atomic E-state index is 12.2. The Morgan fingerprint density at radius 3 is 2.78 bits per heavy atom. The maximum atomic E-state index is 12.2. The molecule has 0 saturated heterocycles. The summed E-state index contributed by atoms with van der Waals surface area (Å²) in [5.41, 5.74) is 1.99. The zero-order valence-corrected chi connectivity index (χ0v) is 15.5. The molecule has 0 fully saturated rings. The first-order valence-corrected chi connectivity index (χ1v) is 8.96. The SMILES string of the molecule is CC(C)CCn1ccc2c(NC(=O)CNC(=O)c3cnccn3)cccc21. The summed E-state index contributed by atoms with van der Waals surface area (Å²) in [5, 5.41) is 6.39. The summed E-state index contributed by atoms with van der Waals surface area (Å²) in [5.74, 6) is -0.103. The van der Waals surface area contributed by atoms with Crippen molar-refractivity contribution in [2.24, 2.45) is 5.92 Å². The number of carbonyl (C=O) groups excluding carboxylic acids is 2. The summed E-state index contributed by atoms with van der Waals surface area (Å²) in [6.07, 6.45) is 7.40. The van der Waals surface area contributed by atoms with Gasteiger partial charge in [-0.25, -0.2) is 4.98 Å². The van der Waals surface area contributed by atoms with Crippen LogP contribution in [0.4, 0.5) is 5.69 Å². The van der Waals surface area contributed by atoms with Crippen molar-refractivity contribution in [2.75, 3.05) is 11.9 Å². The largest absolute Gasteiger partial charge is 0.347 e. The lowest BCUT2D eigenvalue weighted by atomic mass is 10.1. The van der Waals surface area contributed by atoms with Gasteiger partial charge in [-0.3, -0.25) is 14.6 Å². The predicted octanol–water partition coefficient (Wildman–Crippen LogP) is 2.85. The van der Waals surface area contributed by atoms with Crippen LogP contribution in [0.3, 0.4) is 0 Å². The van der Waals surface area contributed by atoms with Gasteiger partial charge in [0.05, 0.1) is 23.9 Å². The van der Waals surface area contributed by atoms with E-state index in [9.17, 15) is 9.59 Å². The number of anilines is 1. The Hall–Kier alpha value is -3.22. The highest BCUT2D eigenvalue weighted by Crippen LogP contribution is 2.25. The van der Waals surface area contributed by atoms with E-state index in [4.69, 9.17) is 0 Å². The molecule has 7 heteroatoms. The molecular weight excluding hydrogens is 342 g/mol. The fourth-order valence-corrected chi connectivity index (χ4v) is 2.79. The Morgan fingerprint density at radius 1 is 1.19 bits per heavy atom. The molecule has 27 heavy (non-hydrogen) atoms. The van der Waals surface area contributed by atoms with Gasteiger partial charge >= 0.3 is 0 Å². The topological polar surface area (TPSA) is 88.9 Å². The summed E-state index contributed by atoms with van der Waals surface area (Å²) in [6, 6.07) is 7.82. The third-order valence-corrected chi connectivity index (χ3v) is 4.24. The molecule has 0 saturated carbocycles. The first-order valence-electron chi connectivity index (χ1n) is 8.96. The molecule has 0 spiro atoms. The number of amides is 2. The van der Waals surface area contributed by atoms with Crippen LogP contribution in [-0.4, -0.2) is 32.9 Å². The van der Waals surface area contributed by atoms with Crippen molar-refractivity contribution >= 4 is 28.4 Å². The zero-order valence-electron chi connectivity index (χ0n) is 15.5. The van der Waals surface area contributed by atoms with Crippen molar-refractivity contribution in [1.82, 2.24) is 19.9 Å². The Bertz CT molecular complexity index is 934. The summed E-state index contributed by atoms with van der Waals surface area (Å²) in [7, 11) is 0. The second-order valence-corrected chi connectivity index (χ2v) is 6.75. The number of aromatic nitrogens is 3. The van der Waals surface area contributed by atoms with E-state index >= 15 is 0 Å². The molecule has 0 bridgehead atoms. The fraction of sp³-hybridized carbons (Fsp3) is 0.300. The second-order valence-electron chi connectivity index (χ2n) is 6.75. The smallest absolute Gasteiger partial charge is 0.271 e. The number of carbonyl (C=O) groups is 2. The highest BCUT2D eigenvalue weighted by Gasteiger charge is 2.11. The van der Waals surface area contributed by atoms with Gasteiger partial charge < -0.3 is 15.2 Å². The minimum absolute atomic E-state index is 0.139. The minimum Gasteiger partial charge on any atom is -0.347 e. The molecule has 2 heterocycles. The van der Waals surface area contributed by atoms with Crippen molar-refractivity contribution in [3.63, 3.8) is 0 Å². The number of aryl methyl sites for hydroxylation is 1. The summed E-state index contributed by atoms with van der Waals surface area (Å²) in [6.45, 7) is 5.20. The standard InChI is InChI=1S/C20H23N5O2/c1-14(2)6-10-25-11-7-15-16(4-3-5-18(15)25)24-19(26)13-23-20(27)17-12-21-8-9-22-17/h3-5,7-9,11-12,14H,6,10,13H2,1-2H3,(H,23,27)(H,24,26). The van der Waals surface area contributed by atoms with Crippen LogP contribution < -0.4 is 10.6 Å². The van der Waals surface area contributed by atoms with E-state index in [1.165, 1.54) is 18.6 Å². The predicted molar refractivity (Wildman–Crippen MR) is 104 cm³/mol. The molecule has 0 aliphatic rings. The maximum Gasteiger partial charge on any atom is 0.271 e. The van der Waals surface area contributed by atoms with Crippen LogP contribution in [0.2, 0.25) is 0 Å². The molecule has 7 nitrogen and oxygen atoms in total. The lowest BCUT2D eigenvalue weighted by molar-refractivity contribution is -0.115. The van der Waals surface area contributed by atoms with Gasteiger partial charge in [-0.1, -0.05) is 19.9 Å². The Kier molecular flexibility index (Phi) is 5.80. The van der Waals surface area contributed by atoms with Crippen LogP contribution in [0.5, 0.6) is 0 Å². The van der Waals surface area contributed by atoms with E-state index in [1.54, 1.807) is 0 Å². The van der Waals surface area contributed by atoms with Crippen molar-refractivity contribution < 1.29 is 9.59 Å². The van der Waals surface area contributed by atoms with Gasteiger partial charge in [0.25, 0.3) is 5.91 Å². The van der Waals surface area contributed by atoms with Crippen molar-refractivity contribution in [3.05, 3.63) is 54.7 Å². The molecule has 0 radical (unpaired) electrons. The van der Waals surface area contributed by atoms with Crippen molar-refractivity contribution in [1.29, 1.82) is 0 Å². The van der Waals surface area contributed by atoms with Gasteiger partial charge in [0, 0.05) is 30.5 Å². The highest BCUT2D eigenvalue weighted by atomic mass is 16.2. The summed E-state index contributed by atoms with van der Waals surface area (Å²) in [4.78, 5) is 31.9. The molecule has 2 amide bonds. The van der Waals surface area contributed by atoms with E-state index < -0.39 is 5.91 Å². The molecule has 140 valence electrons. The zero-order chi connectivity index (χ0) is 19.2. The number of rotatable bonds is 7. The average Bonchev–Trinajstić information content (AvgIpc) is 3.09. The number of benzene rings is 1. The van der Waals surface area contributed by atoms with Gasteiger partial charge in [-0.2, -0.15) is 0 Å². The van der Waals surface area contributed by atoms with Crippen molar-refractivity contribution in [2.45, 2.75) is 26.8 Å². The molecule has 0 aliphatic heterocycles. The second kappa shape index (κ2) is 8.44. The van der Waals surface area contributed by atoms with Gasteiger partial charge in [0.15, 0.2) is 0 Å². The van der Waals surface area contributed by atoms with Crippen LogP contribution in [0.1, 0.15) is 30.8 Å². The van der Waals surface area contributed by atoms with E-state index in [0.29, 0.717) is 5.92 Å². The normalized spacial score (nSPS) is 10.9. The van der Waals surface area contributed by atoms with E-state index in [2.05, 4.69) is 39.0 Å². The van der Waals surface area contributed by atoms with Gasteiger partial charge in [0.1, 0.15) is 5.69 Å². The number of hydrogen-bond donors (Lipinski definition) is 2. The Balaban J connectivity index is 1.64. The molecule has 1 aromatic carbocycles. The molecule has 3 rings (SSSR count). The molecule has 3 aromatic rings. The van der Waals surface area contributed by atoms with Crippen LogP contribution in [-0.2, 0) is 11.3 Å². The van der Waals surface area contributed by atoms with Gasteiger partial charge in [-0.15, -0.1) is 0 Å². The van der Waals surface area contributed by atoms with Crippen LogP contribution >= 0.6 is 0 Å². The fourth-order valence-electron chi connectivity index (χ4n) is 2.79. The van der Waals surface area contributed by atoms with E-state index in [1.807, 2.05) is 30.5 Å². The van der Waals surface area contributed by atoms with Crippen LogP contribution in [0.15, 0.2) is 49.1 Å². The Morgan fingerprint density at radius 2 is 2.04 bits per heavy atom. The summed E-state index contributed by atoms with van der Waals surface area (Å²) < 4.78 is 2.20. The molecule has 0 unspecified atom stereocenters. The lowest BCUT2D eigenvalue weighted by Gasteiger charge is -2.10. The summed E-state index contributed by atoms with van der Waals surface area (Å²) >= 11 is 0. The van der Waals surface area contributed by atoms with Gasteiger partial charge in [0.2, 0.25) is 5.91 Å². The first kappa shape index (κ1) is 18.6. The molecule has 2 N–H and O–H groups in total. The van der Waals surface area contributed by atoms with Crippen molar-refractivity contribution in [3.8, 4) is 0 Å². The Labute approximate surface area is 157 Å². The number of nitrogens with one attached hydrogen (secondary N) is 2.